The van der Waals surface area contributed by atoms with Gasteiger partial charge in [0.2, 0.25) is 12.5 Å². The Labute approximate surface area is 111 Å². The zero-order valence-corrected chi connectivity index (χ0v) is 10.6. The van der Waals surface area contributed by atoms with E-state index < -0.39 is 5.84 Å². The van der Waals surface area contributed by atoms with Crippen molar-refractivity contribution in [2.75, 3.05) is 12.2 Å². The Hall–Kier alpha value is -2.27. The fourth-order valence-corrected chi connectivity index (χ4v) is 1.71. The summed E-state index contributed by atoms with van der Waals surface area (Å²) in [5.41, 5.74) is 8.13. The van der Waals surface area contributed by atoms with Gasteiger partial charge in [-0.05, 0) is 28.1 Å². The lowest BCUT2D eigenvalue weighted by atomic mass is 10.3. The molecule has 0 bridgehead atoms. The minimum Gasteiger partial charge on any atom is -0.454 e. The van der Waals surface area contributed by atoms with E-state index in [-0.39, 0.29) is 12.5 Å². The SMILES string of the molecule is N#C/C(=N\Nc1c(Br)ccc2c1OCO2)C(=N)N. The number of nitriles is 1. The van der Waals surface area contributed by atoms with Crippen LogP contribution in [0.25, 0.3) is 0 Å². The predicted molar refractivity (Wildman–Crippen MR) is 68.8 cm³/mol. The highest BCUT2D eigenvalue weighted by Crippen LogP contribution is 2.43. The lowest BCUT2D eigenvalue weighted by Crippen LogP contribution is -2.21. The third-order valence-corrected chi connectivity index (χ3v) is 2.79. The summed E-state index contributed by atoms with van der Waals surface area (Å²) in [7, 11) is 0. The van der Waals surface area contributed by atoms with Crippen LogP contribution in [0, 0.1) is 16.7 Å². The summed E-state index contributed by atoms with van der Waals surface area (Å²) < 4.78 is 11.2. The molecular weight excluding hydrogens is 302 g/mol. The van der Waals surface area contributed by atoms with Crippen LogP contribution in [0.5, 0.6) is 11.5 Å². The highest BCUT2D eigenvalue weighted by Gasteiger charge is 2.20. The van der Waals surface area contributed by atoms with Gasteiger partial charge in [0.1, 0.15) is 11.8 Å². The summed E-state index contributed by atoms with van der Waals surface area (Å²) in [6.07, 6.45) is 0. The first-order valence-electron chi connectivity index (χ1n) is 4.79. The molecule has 7 nitrogen and oxygen atoms in total. The number of hydrogen-bond donors (Lipinski definition) is 3. The number of nitrogens with one attached hydrogen (secondary N) is 2. The second kappa shape index (κ2) is 4.93. The number of ether oxygens (including phenoxy) is 2. The molecule has 0 aromatic heterocycles. The normalized spacial score (nSPS) is 13.0. The van der Waals surface area contributed by atoms with Gasteiger partial charge in [0.15, 0.2) is 17.3 Å². The first-order valence-corrected chi connectivity index (χ1v) is 5.59. The minimum atomic E-state index is -0.411. The average Bonchev–Trinajstić information content (AvgIpc) is 2.80. The van der Waals surface area contributed by atoms with Gasteiger partial charge in [-0.3, -0.25) is 10.8 Å². The van der Waals surface area contributed by atoms with Crippen molar-refractivity contribution < 1.29 is 9.47 Å². The van der Waals surface area contributed by atoms with Gasteiger partial charge in [0.05, 0.1) is 0 Å². The molecule has 0 atom stereocenters. The topological polar surface area (TPSA) is 117 Å². The van der Waals surface area contributed by atoms with Crippen molar-refractivity contribution >= 4 is 33.2 Å². The van der Waals surface area contributed by atoms with E-state index in [4.69, 9.17) is 25.9 Å². The van der Waals surface area contributed by atoms with Crippen molar-refractivity contribution in [2.24, 2.45) is 10.8 Å². The summed E-state index contributed by atoms with van der Waals surface area (Å²) in [6.45, 7) is 0.127. The van der Waals surface area contributed by atoms with E-state index in [2.05, 4.69) is 26.5 Å². The molecule has 0 unspecified atom stereocenters. The number of nitrogens with two attached hydrogens (primary N) is 1. The second-order valence-corrected chi connectivity index (χ2v) is 4.11. The van der Waals surface area contributed by atoms with E-state index in [1.165, 1.54) is 0 Å². The molecule has 2 rings (SSSR count). The lowest BCUT2D eigenvalue weighted by molar-refractivity contribution is 0.174. The van der Waals surface area contributed by atoms with Gasteiger partial charge in [-0.25, -0.2) is 0 Å². The van der Waals surface area contributed by atoms with E-state index in [0.29, 0.717) is 21.7 Å². The number of hydrazone groups is 1. The van der Waals surface area contributed by atoms with Crippen molar-refractivity contribution in [3.8, 4) is 17.6 Å². The van der Waals surface area contributed by atoms with Crippen LogP contribution >= 0.6 is 15.9 Å². The lowest BCUT2D eigenvalue weighted by Gasteiger charge is -2.07. The highest BCUT2D eigenvalue weighted by atomic mass is 79.9. The molecule has 0 amide bonds. The third-order valence-electron chi connectivity index (χ3n) is 2.13. The maximum atomic E-state index is 8.73. The number of hydrogen-bond acceptors (Lipinski definition) is 6. The fourth-order valence-electron chi connectivity index (χ4n) is 1.31. The Morgan fingerprint density at radius 3 is 3.00 bits per heavy atom. The van der Waals surface area contributed by atoms with E-state index in [0.717, 1.165) is 0 Å². The summed E-state index contributed by atoms with van der Waals surface area (Å²) in [5.74, 6) is 0.664. The number of nitrogens with zero attached hydrogens (tertiary/aromatic N) is 2. The second-order valence-electron chi connectivity index (χ2n) is 3.25. The van der Waals surface area contributed by atoms with Gasteiger partial charge < -0.3 is 15.2 Å². The van der Waals surface area contributed by atoms with Gasteiger partial charge in [-0.15, -0.1) is 0 Å². The Kier molecular flexibility index (Phi) is 3.34. The number of rotatable bonds is 3. The highest BCUT2D eigenvalue weighted by molar-refractivity contribution is 9.10. The molecule has 1 aliphatic heterocycles. The molecular formula is C10H8BrN5O2. The number of anilines is 1. The monoisotopic (exact) mass is 309 g/mol. The number of fused-ring (bicyclic) bond motifs is 1. The van der Waals surface area contributed by atoms with Crippen LogP contribution in [0.2, 0.25) is 0 Å². The Bertz CT molecular complexity index is 578. The van der Waals surface area contributed by atoms with Gasteiger partial charge in [0, 0.05) is 4.47 Å². The van der Waals surface area contributed by atoms with Crippen molar-refractivity contribution in [1.29, 1.82) is 10.7 Å². The molecule has 1 aromatic carbocycles. The number of benzene rings is 1. The summed E-state index contributed by atoms with van der Waals surface area (Å²) in [5, 5.41) is 19.6. The van der Waals surface area contributed by atoms with Crippen LogP contribution in [-0.2, 0) is 0 Å². The molecule has 1 aromatic rings. The summed E-state index contributed by atoms with van der Waals surface area (Å²) in [4.78, 5) is 0. The van der Waals surface area contributed by atoms with Crippen LogP contribution in [0.1, 0.15) is 0 Å². The first-order chi connectivity index (χ1) is 8.63. The number of halogens is 1. The van der Waals surface area contributed by atoms with E-state index in [9.17, 15) is 0 Å². The molecule has 18 heavy (non-hydrogen) atoms. The van der Waals surface area contributed by atoms with Crippen LogP contribution in [0.15, 0.2) is 21.7 Å². The van der Waals surface area contributed by atoms with Crippen LogP contribution < -0.4 is 20.6 Å². The molecule has 1 heterocycles. The molecule has 0 aliphatic carbocycles. The Balaban J connectivity index is 2.33. The van der Waals surface area contributed by atoms with Gasteiger partial charge in [0.25, 0.3) is 0 Å². The maximum Gasteiger partial charge on any atom is 0.231 e. The first kappa shape index (κ1) is 12.2. The van der Waals surface area contributed by atoms with E-state index in [1.807, 2.05) is 0 Å². The number of amidine groups is 1. The molecule has 0 fully saturated rings. The Morgan fingerprint density at radius 1 is 1.56 bits per heavy atom. The quantitative estimate of drug-likeness (QED) is 0.443. The summed E-state index contributed by atoms with van der Waals surface area (Å²) in [6, 6.07) is 5.21. The largest absolute Gasteiger partial charge is 0.454 e. The smallest absolute Gasteiger partial charge is 0.231 e. The molecule has 0 saturated carbocycles. The zero-order valence-electron chi connectivity index (χ0n) is 9.03. The maximum absolute atomic E-state index is 8.73. The average molecular weight is 310 g/mol. The van der Waals surface area contributed by atoms with Gasteiger partial charge in [-0.2, -0.15) is 10.4 Å². The molecule has 92 valence electrons. The van der Waals surface area contributed by atoms with E-state index in [1.54, 1.807) is 18.2 Å². The van der Waals surface area contributed by atoms with Crippen LogP contribution in [0.3, 0.4) is 0 Å². The van der Waals surface area contributed by atoms with Crippen molar-refractivity contribution in [1.82, 2.24) is 0 Å². The van der Waals surface area contributed by atoms with Crippen LogP contribution in [0.4, 0.5) is 5.69 Å². The van der Waals surface area contributed by atoms with Crippen molar-refractivity contribution in [3.05, 3.63) is 16.6 Å². The fraction of sp³-hybridized carbons (Fsp3) is 0.100. The molecule has 0 radical (unpaired) electrons. The van der Waals surface area contributed by atoms with Gasteiger partial charge >= 0.3 is 0 Å². The van der Waals surface area contributed by atoms with Gasteiger partial charge in [-0.1, -0.05) is 0 Å². The molecule has 4 N–H and O–H groups in total. The molecule has 1 aliphatic rings. The van der Waals surface area contributed by atoms with E-state index >= 15 is 0 Å². The van der Waals surface area contributed by atoms with Crippen molar-refractivity contribution in [2.45, 2.75) is 0 Å². The Morgan fingerprint density at radius 2 is 2.33 bits per heavy atom. The van der Waals surface area contributed by atoms with Crippen LogP contribution in [-0.4, -0.2) is 18.3 Å². The zero-order chi connectivity index (χ0) is 13.1. The molecule has 0 saturated heterocycles. The summed E-state index contributed by atoms with van der Waals surface area (Å²) >= 11 is 3.32. The minimum absolute atomic E-state index is 0.127. The standard InChI is InChI=1S/C10H8BrN5O2/c11-5-1-2-7-9(18-4-17-7)8(5)16-15-6(3-12)10(13)14/h1-2,16H,4H2,(H3,13,14)/b15-6+. The third kappa shape index (κ3) is 2.21. The van der Waals surface area contributed by atoms with Crippen molar-refractivity contribution in [3.63, 3.8) is 0 Å². The molecule has 8 heteroatoms. The molecule has 0 spiro atoms. The predicted octanol–water partition coefficient (Wildman–Crippen LogP) is 1.41.